The van der Waals surface area contributed by atoms with Crippen molar-refractivity contribution in [3.05, 3.63) is 48.0 Å². The number of hydrogen-bond acceptors (Lipinski definition) is 2. The average molecular weight is 319 g/mol. The zero-order valence-corrected chi connectivity index (χ0v) is 11.9. The maximum atomic E-state index is 12.1. The Morgan fingerprint density at radius 2 is 1.74 bits per heavy atom. The van der Waals surface area contributed by atoms with E-state index in [1.807, 2.05) is 30.3 Å². The van der Waals surface area contributed by atoms with Gasteiger partial charge in [0, 0.05) is 5.56 Å². The van der Waals surface area contributed by atoms with Crippen molar-refractivity contribution < 1.29 is 9.90 Å². The highest BCUT2D eigenvalue weighted by molar-refractivity contribution is 6.68. The van der Waals surface area contributed by atoms with E-state index >= 15 is 0 Å². The largest absolute Gasteiger partial charge is 0.369 e. The van der Waals surface area contributed by atoms with Crippen LogP contribution in [0.15, 0.2) is 42.5 Å². The lowest BCUT2D eigenvalue weighted by Gasteiger charge is -2.20. The van der Waals surface area contributed by atoms with Crippen molar-refractivity contribution in [2.24, 2.45) is 0 Å². The van der Waals surface area contributed by atoms with Crippen LogP contribution in [0.5, 0.6) is 0 Å². The summed E-state index contributed by atoms with van der Waals surface area (Å²) in [6.07, 6.45) is -1.58. The molecule has 0 unspecified atom stereocenters. The SMILES string of the molecule is O=C(N[C@H](O)C(Cl)(Cl)Cl)c1cccc2ccccc12. The van der Waals surface area contributed by atoms with Crippen molar-refractivity contribution in [2.75, 3.05) is 0 Å². The van der Waals surface area contributed by atoms with Gasteiger partial charge < -0.3 is 10.4 Å². The van der Waals surface area contributed by atoms with E-state index in [0.717, 1.165) is 10.8 Å². The highest BCUT2D eigenvalue weighted by atomic mass is 35.6. The first kappa shape index (κ1) is 14.4. The molecule has 0 aliphatic rings. The number of benzene rings is 2. The van der Waals surface area contributed by atoms with Crippen molar-refractivity contribution in [1.82, 2.24) is 5.32 Å². The summed E-state index contributed by atoms with van der Waals surface area (Å²) in [6, 6.07) is 12.7. The van der Waals surface area contributed by atoms with Gasteiger partial charge in [-0.1, -0.05) is 71.2 Å². The topological polar surface area (TPSA) is 49.3 Å². The second-order valence-electron chi connectivity index (χ2n) is 3.94. The van der Waals surface area contributed by atoms with Crippen molar-refractivity contribution in [1.29, 1.82) is 0 Å². The lowest BCUT2D eigenvalue weighted by Crippen LogP contribution is -2.43. The molecule has 1 atom stereocenters. The normalized spacial score (nSPS) is 13.3. The van der Waals surface area contributed by atoms with Crippen LogP contribution in [-0.2, 0) is 0 Å². The van der Waals surface area contributed by atoms with Crippen LogP contribution in [0.3, 0.4) is 0 Å². The zero-order chi connectivity index (χ0) is 14.0. The third-order valence-corrected chi connectivity index (χ3v) is 3.23. The van der Waals surface area contributed by atoms with Crippen LogP contribution >= 0.6 is 34.8 Å². The molecule has 0 aromatic heterocycles. The minimum absolute atomic E-state index is 0.409. The fourth-order valence-corrected chi connectivity index (χ4v) is 1.87. The van der Waals surface area contributed by atoms with Gasteiger partial charge in [-0.25, -0.2) is 0 Å². The number of amides is 1. The van der Waals surface area contributed by atoms with Crippen LogP contribution < -0.4 is 5.32 Å². The number of aliphatic hydroxyl groups is 1. The zero-order valence-electron chi connectivity index (χ0n) is 9.61. The van der Waals surface area contributed by atoms with Crippen molar-refractivity contribution in [3.63, 3.8) is 0 Å². The highest BCUT2D eigenvalue weighted by Gasteiger charge is 2.32. The minimum atomic E-state index is -1.97. The summed E-state index contributed by atoms with van der Waals surface area (Å²) in [6.45, 7) is 0. The quantitative estimate of drug-likeness (QED) is 0.659. The number of alkyl halides is 3. The van der Waals surface area contributed by atoms with Gasteiger partial charge in [-0.05, 0) is 16.8 Å². The number of fused-ring (bicyclic) bond motifs is 1. The van der Waals surface area contributed by atoms with Crippen LogP contribution in [-0.4, -0.2) is 21.0 Å². The highest BCUT2D eigenvalue weighted by Crippen LogP contribution is 2.29. The van der Waals surface area contributed by atoms with E-state index in [0.29, 0.717) is 5.56 Å². The molecule has 3 nitrogen and oxygen atoms in total. The monoisotopic (exact) mass is 317 g/mol. The average Bonchev–Trinajstić information content (AvgIpc) is 2.36. The molecule has 0 saturated heterocycles. The molecule has 0 bridgehead atoms. The van der Waals surface area contributed by atoms with Crippen LogP contribution in [0, 0.1) is 0 Å². The summed E-state index contributed by atoms with van der Waals surface area (Å²) < 4.78 is -1.97. The predicted octanol–water partition coefficient (Wildman–Crippen LogP) is 3.26. The summed E-state index contributed by atoms with van der Waals surface area (Å²) in [5, 5.41) is 13.5. The van der Waals surface area contributed by atoms with Crippen molar-refractivity contribution in [3.8, 4) is 0 Å². The van der Waals surface area contributed by atoms with Gasteiger partial charge >= 0.3 is 0 Å². The Morgan fingerprint density at radius 3 is 2.42 bits per heavy atom. The molecule has 0 saturated carbocycles. The fraction of sp³-hybridized carbons (Fsp3) is 0.154. The van der Waals surface area contributed by atoms with Crippen molar-refractivity contribution in [2.45, 2.75) is 10.0 Å². The van der Waals surface area contributed by atoms with E-state index in [-0.39, 0.29) is 0 Å². The maximum Gasteiger partial charge on any atom is 0.254 e. The molecule has 2 N–H and O–H groups in total. The Bertz CT molecular complexity index is 605. The van der Waals surface area contributed by atoms with E-state index in [1.54, 1.807) is 12.1 Å². The molecule has 19 heavy (non-hydrogen) atoms. The molecule has 0 aliphatic heterocycles. The van der Waals surface area contributed by atoms with E-state index in [1.165, 1.54) is 0 Å². The molecule has 2 aromatic rings. The van der Waals surface area contributed by atoms with Gasteiger partial charge in [0.2, 0.25) is 3.79 Å². The number of nitrogens with one attached hydrogen (secondary N) is 1. The number of carbonyl (C=O) groups excluding carboxylic acids is 1. The Labute approximate surface area is 125 Å². The van der Waals surface area contributed by atoms with Crippen molar-refractivity contribution >= 4 is 51.5 Å². The van der Waals surface area contributed by atoms with Gasteiger partial charge in [-0.3, -0.25) is 4.79 Å². The molecule has 6 heteroatoms. The second kappa shape index (κ2) is 5.55. The van der Waals surface area contributed by atoms with Gasteiger partial charge in [0.15, 0.2) is 6.23 Å². The molecule has 2 rings (SSSR count). The molecule has 100 valence electrons. The number of rotatable bonds is 2. The number of hydrogen-bond donors (Lipinski definition) is 2. The van der Waals surface area contributed by atoms with E-state index in [2.05, 4.69) is 5.32 Å². The summed E-state index contributed by atoms with van der Waals surface area (Å²) in [4.78, 5) is 12.1. The number of aliphatic hydroxyl groups excluding tert-OH is 1. The first-order chi connectivity index (χ1) is 8.89. The summed E-state index contributed by atoms with van der Waals surface area (Å²) in [5.41, 5.74) is 0.409. The molecular formula is C13H10Cl3NO2. The summed E-state index contributed by atoms with van der Waals surface area (Å²) in [5.74, 6) is -0.504. The molecule has 2 aromatic carbocycles. The van der Waals surface area contributed by atoms with E-state index in [4.69, 9.17) is 34.8 Å². The lowest BCUT2D eigenvalue weighted by atomic mass is 10.0. The lowest BCUT2D eigenvalue weighted by molar-refractivity contribution is 0.0793. The first-order valence-electron chi connectivity index (χ1n) is 5.43. The molecular weight excluding hydrogens is 309 g/mol. The fourth-order valence-electron chi connectivity index (χ4n) is 1.71. The number of halogens is 3. The van der Waals surface area contributed by atoms with E-state index in [9.17, 15) is 9.90 Å². The third-order valence-electron chi connectivity index (χ3n) is 2.61. The molecule has 0 spiro atoms. The maximum absolute atomic E-state index is 12.1. The van der Waals surface area contributed by atoms with Gasteiger partial charge in [0.25, 0.3) is 5.91 Å². The summed E-state index contributed by atoms with van der Waals surface area (Å²) in [7, 11) is 0. The van der Waals surface area contributed by atoms with Crippen LogP contribution in [0.1, 0.15) is 10.4 Å². The van der Waals surface area contributed by atoms with Crippen LogP contribution in [0.4, 0.5) is 0 Å². The van der Waals surface area contributed by atoms with Gasteiger partial charge in [-0.2, -0.15) is 0 Å². The van der Waals surface area contributed by atoms with Crippen LogP contribution in [0.2, 0.25) is 0 Å². The molecule has 0 aliphatic carbocycles. The first-order valence-corrected chi connectivity index (χ1v) is 6.56. The molecule has 0 heterocycles. The minimum Gasteiger partial charge on any atom is -0.369 e. The predicted molar refractivity (Wildman–Crippen MR) is 77.7 cm³/mol. The standard InChI is InChI=1S/C13H10Cl3NO2/c14-13(15,16)12(19)17-11(18)10-7-3-5-8-4-1-2-6-9(8)10/h1-7,12,19H,(H,17,18)/t12-/m1/s1. The Hall–Kier alpha value is -1.00. The molecule has 1 amide bonds. The molecule has 0 fully saturated rings. The third kappa shape index (κ3) is 3.31. The Kier molecular flexibility index (Phi) is 4.21. The Balaban J connectivity index is 2.32. The number of carbonyl (C=O) groups is 1. The van der Waals surface area contributed by atoms with Gasteiger partial charge in [0.05, 0.1) is 0 Å². The Morgan fingerprint density at radius 1 is 1.11 bits per heavy atom. The smallest absolute Gasteiger partial charge is 0.254 e. The molecule has 0 radical (unpaired) electrons. The van der Waals surface area contributed by atoms with Crippen LogP contribution in [0.25, 0.3) is 10.8 Å². The van der Waals surface area contributed by atoms with Gasteiger partial charge in [0.1, 0.15) is 0 Å². The van der Waals surface area contributed by atoms with Gasteiger partial charge in [-0.15, -0.1) is 0 Å². The second-order valence-corrected chi connectivity index (χ2v) is 6.31. The summed E-state index contributed by atoms with van der Waals surface area (Å²) >= 11 is 16.5. The van der Waals surface area contributed by atoms with E-state index < -0.39 is 15.9 Å².